The van der Waals surface area contributed by atoms with E-state index in [9.17, 15) is 14.7 Å². The average molecular weight is 437 g/mol. The summed E-state index contributed by atoms with van der Waals surface area (Å²) in [7, 11) is 0. The highest BCUT2D eigenvalue weighted by atomic mass is 16.3. The number of aromatic hydroxyl groups is 1. The van der Waals surface area contributed by atoms with Crippen LogP contribution in [0, 0.1) is 0 Å². The number of aromatic nitrogens is 2. The number of benzene rings is 3. The van der Waals surface area contributed by atoms with E-state index in [1.807, 2.05) is 42.5 Å². The number of nitrogens with zero attached hydrogens (tertiary/aromatic N) is 2. The van der Waals surface area contributed by atoms with Gasteiger partial charge in [-0.1, -0.05) is 54.6 Å². The molecule has 2 heterocycles. The quantitative estimate of drug-likeness (QED) is 0.509. The number of phenols is 1. The number of phenolic OH excluding ortho intramolecular Hbond substituents is 1. The van der Waals surface area contributed by atoms with Gasteiger partial charge in [-0.25, -0.2) is 4.98 Å². The molecule has 6 rings (SSSR count). The molecule has 1 amide bonds. The Kier molecular flexibility index (Phi) is 4.37. The van der Waals surface area contributed by atoms with Crippen molar-refractivity contribution in [3.8, 4) is 5.75 Å². The number of carbonyl (C=O) groups is 1. The average Bonchev–Trinajstić information content (AvgIpc) is 3.66. The van der Waals surface area contributed by atoms with Gasteiger partial charge in [0.2, 0.25) is 0 Å². The Morgan fingerprint density at radius 2 is 1.79 bits per heavy atom. The zero-order valence-corrected chi connectivity index (χ0v) is 18.0. The minimum absolute atomic E-state index is 0.0775. The highest BCUT2D eigenvalue weighted by molar-refractivity contribution is 6.00. The van der Waals surface area contributed by atoms with Crippen molar-refractivity contribution in [3.63, 3.8) is 0 Å². The van der Waals surface area contributed by atoms with E-state index in [0.717, 1.165) is 29.7 Å². The molecule has 1 fully saturated rings. The Hall–Kier alpha value is -3.93. The summed E-state index contributed by atoms with van der Waals surface area (Å²) < 4.78 is 0. The second-order valence-electron chi connectivity index (χ2n) is 8.98. The lowest BCUT2D eigenvalue weighted by atomic mass is 9.94. The molecule has 6 heteroatoms. The van der Waals surface area contributed by atoms with Crippen LogP contribution in [0.5, 0.6) is 5.75 Å². The standard InChI is InChI=1S/C27H23N3O3/c31-23-15-18(14-17-6-4-5-9-20(17)23)25(33)30-13-10-22-21(16-30)24(32)29-26(28-22)27(11-12-27)19-7-2-1-3-8-19/h1-9,14-15,31H,10-13,16H2,(H,28,29,32). The third-order valence-corrected chi connectivity index (χ3v) is 6.97. The van der Waals surface area contributed by atoms with E-state index in [1.54, 1.807) is 11.0 Å². The highest BCUT2D eigenvalue weighted by Crippen LogP contribution is 2.51. The zero-order chi connectivity index (χ0) is 22.6. The van der Waals surface area contributed by atoms with E-state index in [0.29, 0.717) is 29.5 Å². The molecule has 1 saturated carbocycles. The van der Waals surface area contributed by atoms with Gasteiger partial charge in [-0.15, -0.1) is 0 Å². The van der Waals surface area contributed by atoms with E-state index in [-0.39, 0.29) is 29.2 Å². The molecular weight excluding hydrogens is 414 g/mol. The summed E-state index contributed by atoms with van der Waals surface area (Å²) >= 11 is 0. The summed E-state index contributed by atoms with van der Waals surface area (Å²) in [6, 6.07) is 20.9. The normalized spacial score (nSPS) is 16.4. The predicted molar refractivity (Wildman–Crippen MR) is 125 cm³/mol. The Balaban J connectivity index is 1.31. The van der Waals surface area contributed by atoms with Crippen LogP contribution in [0.25, 0.3) is 10.8 Å². The van der Waals surface area contributed by atoms with Gasteiger partial charge in [-0.3, -0.25) is 9.59 Å². The number of rotatable bonds is 3. The second-order valence-corrected chi connectivity index (χ2v) is 8.98. The van der Waals surface area contributed by atoms with Crippen molar-refractivity contribution >= 4 is 16.7 Å². The first-order valence-corrected chi connectivity index (χ1v) is 11.2. The maximum atomic E-state index is 13.2. The lowest BCUT2D eigenvalue weighted by Crippen LogP contribution is -2.40. The molecule has 164 valence electrons. The van der Waals surface area contributed by atoms with E-state index in [2.05, 4.69) is 17.1 Å². The predicted octanol–water partition coefficient (Wildman–Crippen LogP) is 3.91. The molecule has 3 aromatic carbocycles. The van der Waals surface area contributed by atoms with Gasteiger partial charge in [0.25, 0.3) is 11.5 Å². The number of hydrogen-bond donors (Lipinski definition) is 2. The largest absolute Gasteiger partial charge is 0.507 e. The van der Waals surface area contributed by atoms with E-state index >= 15 is 0 Å². The van der Waals surface area contributed by atoms with Gasteiger partial charge in [-0.05, 0) is 35.9 Å². The minimum atomic E-state index is -0.203. The molecule has 1 aromatic heterocycles. The van der Waals surface area contributed by atoms with Crippen molar-refractivity contribution in [1.82, 2.24) is 14.9 Å². The maximum absolute atomic E-state index is 13.2. The number of carbonyl (C=O) groups excluding carboxylic acids is 1. The van der Waals surface area contributed by atoms with Crippen LogP contribution >= 0.6 is 0 Å². The van der Waals surface area contributed by atoms with E-state index in [4.69, 9.17) is 4.98 Å². The molecule has 6 nitrogen and oxygen atoms in total. The molecule has 4 aromatic rings. The zero-order valence-electron chi connectivity index (χ0n) is 18.0. The van der Waals surface area contributed by atoms with Crippen LogP contribution in [0.4, 0.5) is 0 Å². The summed E-state index contributed by atoms with van der Waals surface area (Å²) in [6.07, 6.45) is 2.46. The van der Waals surface area contributed by atoms with Crippen molar-refractivity contribution in [2.24, 2.45) is 0 Å². The van der Waals surface area contributed by atoms with Crippen LogP contribution in [-0.4, -0.2) is 32.4 Å². The van der Waals surface area contributed by atoms with Crippen LogP contribution < -0.4 is 5.56 Å². The molecule has 0 bridgehead atoms. The molecule has 0 spiro atoms. The van der Waals surface area contributed by atoms with Gasteiger partial charge < -0.3 is 15.0 Å². The van der Waals surface area contributed by atoms with Gasteiger partial charge in [-0.2, -0.15) is 0 Å². The fourth-order valence-electron chi connectivity index (χ4n) is 4.97. The molecule has 0 atom stereocenters. The summed E-state index contributed by atoms with van der Waals surface area (Å²) in [5.41, 5.74) is 2.54. The third-order valence-electron chi connectivity index (χ3n) is 6.97. The van der Waals surface area contributed by atoms with Gasteiger partial charge in [0.05, 0.1) is 23.2 Å². The lowest BCUT2D eigenvalue weighted by Gasteiger charge is -2.29. The number of amides is 1. The molecule has 2 N–H and O–H groups in total. The number of fused-ring (bicyclic) bond motifs is 2. The van der Waals surface area contributed by atoms with Crippen molar-refractivity contribution < 1.29 is 9.90 Å². The van der Waals surface area contributed by atoms with Gasteiger partial charge in [0.15, 0.2) is 0 Å². The highest BCUT2D eigenvalue weighted by Gasteiger charge is 2.48. The number of aromatic amines is 1. The van der Waals surface area contributed by atoms with Gasteiger partial charge in [0.1, 0.15) is 11.6 Å². The summed E-state index contributed by atoms with van der Waals surface area (Å²) in [5.74, 6) is 0.610. The monoisotopic (exact) mass is 437 g/mol. The summed E-state index contributed by atoms with van der Waals surface area (Å²) in [6.45, 7) is 0.691. The first-order chi connectivity index (χ1) is 16.0. The SMILES string of the molecule is O=C(c1cc(O)c2ccccc2c1)N1CCc2nc(C3(c4ccccc4)CC3)[nH]c(=O)c2C1. The van der Waals surface area contributed by atoms with Crippen LogP contribution in [0.3, 0.4) is 0 Å². The molecule has 0 radical (unpaired) electrons. The topological polar surface area (TPSA) is 86.3 Å². The van der Waals surface area contributed by atoms with E-state index in [1.165, 1.54) is 11.6 Å². The lowest BCUT2D eigenvalue weighted by molar-refractivity contribution is 0.0732. The van der Waals surface area contributed by atoms with Gasteiger partial charge >= 0.3 is 0 Å². The molecule has 0 unspecified atom stereocenters. The van der Waals surface area contributed by atoms with Crippen LogP contribution in [0.15, 0.2) is 71.5 Å². The number of hydrogen-bond acceptors (Lipinski definition) is 4. The Labute approximate surface area is 190 Å². The molecule has 33 heavy (non-hydrogen) atoms. The van der Waals surface area contributed by atoms with E-state index < -0.39 is 0 Å². The fraction of sp³-hybridized carbons (Fsp3) is 0.222. The first-order valence-electron chi connectivity index (χ1n) is 11.2. The minimum Gasteiger partial charge on any atom is -0.507 e. The summed E-state index contributed by atoms with van der Waals surface area (Å²) in [4.78, 5) is 35.8. The number of H-pyrrole nitrogens is 1. The van der Waals surface area contributed by atoms with Gasteiger partial charge in [0, 0.05) is 23.9 Å². The molecule has 2 aliphatic rings. The molecule has 1 aliphatic carbocycles. The van der Waals surface area contributed by atoms with Crippen LogP contribution in [-0.2, 0) is 18.4 Å². The smallest absolute Gasteiger partial charge is 0.256 e. The third kappa shape index (κ3) is 3.21. The first kappa shape index (κ1) is 19.7. The maximum Gasteiger partial charge on any atom is 0.256 e. The van der Waals surface area contributed by atoms with Crippen molar-refractivity contribution in [1.29, 1.82) is 0 Å². The van der Waals surface area contributed by atoms with Crippen molar-refractivity contribution in [3.05, 3.63) is 105 Å². The van der Waals surface area contributed by atoms with Crippen molar-refractivity contribution in [2.45, 2.75) is 31.2 Å². The fourth-order valence-corrected chi connectivity index (χ4v) is 4.97. The Morgan fingerprint density at radius 3 is 2.58 bits per heavy atom. The molecule has 0 saturated heterocycles. The summed E-state index contributed by atoms with van der Waals surface area (Å²) in [5, 5.41) is 11.9. The number of nitrogens with one attached hydrogen (secondary N) is 1. The molecular formula is C27H23N3O3. The Bertz CT molecular complexity index is 1450. The second kappa shape index (κ2) is 7.30. The van der Waals surface area contributed by atoms with Crippen LogP contribution in [0.2, 0.25) is 0 Å². The Morgan fingerprint density at radius 1 is 1.03 bits per heavy atom. The molecule has 1 aliphatic heterocycles. The van der Waals surface area contributed by atoms with Crippen molar-refractivity contribution in [2.75, 3.05) is 6.54 Å². The van der Waals surface area contributed by atoms with Crippen LogP contribution in [0.1, 0.15) is 45.8 Å².